The Hall–Kier alpha value is -1.13. The molecule has 0 aromatic rings. The second-order valence-corrected chi connectivity index (χ2v) is 12.5. The second-order valence-electron chi connectivity index (χ2n) is 12.5. The summed E-state index contributed by atoms with van der Waals surface area (Å²) in [5.74, 6) is 2.92. The van der Waals surface area contributed by atoms with Gasteiger partial charge in [-0.2, -0.15) is 0 Å². The van der Waals surface area contributed by atoms with E-state index in [2.05, 4.69) is 51.2 Å². The molecule has 9 unspecified atom stereocenters. The van der Waals surface area contributed by atoms with Gasteiger partial charge in [-0.25, -0.2) is 0 Å². The Morgan fingerprint density at radius 3 is 2.59 bits per heavy atom. The van der Waals surface area contributed by atoms with Gasteiger partial charge in [0, 0.05) is 12.1 Å². The lowest BCUT2D eigenvalue weighted by atomic mass is 9.47. The zero-order valence-corrected chi connectivity index (χ0v) is 21.4. The molecule has 4 aliphatic rings. The highest BCUT2D eigenvalue weighted by molar-refractivity contribution is 5.88. The van der Waals surface area contributed by atoms with Crippen LogP contribution in [-0.4, -0.2) is 48.2 Å². The number of fused-ring (bicyclic) bond motifs is 5. The predicted molar refractivity (Wildman–Crippen MR) is 131 cm³/mol. The molecule has 4 heteroatoms. The summed E-state index contributed by atoms with van der Waals surface area (Å²) in [6.07, 6.45) is 11.8. The highest BCUT2D eigenvalue weighted by Crippen LogP contribution is 2.66. The fourth-order valence-electron chi connectivity index (χ4n) is 8.53. The minimum atomic E-state index is -0.469. The van der Waals surface area contributed by atoms with Crippen LogP contribution in [0.4, 0.5) is 0 Å². The maximum absolute atomic E-state index is 12.3. The second kappa shape index (κ2) is 8.58. The number of nitrogens with one attached hydrogen (secondary N) is 1. The van der Waals surface area contributed by atoms with Gasteiger partial charge in [0.25, 0.3) is 0 Å². The summed E-state index contributed by atoms with van der Waals surface area (Å²) in [7, 11) is 4.47. The number of aliphatic hydroxyl groups is 1. The number of nitrogens with zero attached hydrogens (tertiary/aromatic N) is 1. The van der Waals surface area contributed by atoms with Crippen LogP contribution in [0.15, 0.2) is 23.3 Å². The van der Waals surface area contributed by atoms with Gasteiger partial charge >= 0.3 is 0 Å². The van der Waals surface area contributed by atoms with E-state index in [1.54, 1.807) is 6.08 Å². The lowest BCUT2D eigenvalue weighted by Crippen LogP contribution is -2.56. The monoisotopic (exact) mass is 442 g/mol. The van der Waals surface area contributed by atoms with Crippen molar-refractivity contribution in [3.8, 4) is 0 Å². The smallest absolute Gasteiger partial charge is 0.244 e. The first-order valence-corrected chi connectivity index (χ1v) is 13.0. The van der Waals surface area contributed by atoms with Gasteiger partial charge < -0.3 is 15.3 Å². The number of hydrogen-bond acceptors (Lipinski definition) is 3. The third kappa shape index (κ3) is 3.90. The highest BCUT2D eigenvalue weighted by atomic mass is 16.3. The molecular weight excluding hydrogens is 396 g/mol. The SMILES string of the molecule is CC(C)=CC(=O)NC1CC2=CCC3C(CCC4(C)C3CCC4C(C)N(C)C)C2(C)CC1O. The van der Waals surface area contributed by atoms with E-state index in [-0.39, 0.29) is 17.4 Å². The Morgan fingerprint density at radius 2 is 1.94 bits per heavy atom. The quantitative estimate of drug-likeness (QED) is 0.479. The molecule has 3 saturated carbocycles. The molecule has 1 amide bonds. The number of rotatable bonds is 4. The van der Waals surface area contributed by atoms with Gasteiger partial charge in [0.15, 0.2) is 0 Å². The molecule has 0 bridgehead atoms. The maximum Gasteiger partial charge on any atom is 0.244 e. The van der Waals surface area contributed by atoms with Crippen molar-refractivity contribution in [1.82, 2.24) is 10.2 Å². The van der Waals surface area contributed by atoms with E-state index in [1.165, 1.54) is 37.7 Å². The Kier molecular flexibility index (Phi) is 6.44. The summed E-state index contributed by atoms with van der Waals surface area (Å²) in [4.78, 5) is 14.7. The Morgan fingerprint density at radius 1 is 1.22 bits per heavy atom. The average Bonchev–Trinajstić information content (AvgIpc) is 3.04. The molecular formula is C28H46N2O2. The van der Waals surface area contributed by atoms with Crippen LogP contribution >= 0.6 is 0 Å². The molecule has 2 N–H and O–H groups in total. The summed E-state index contributed by atoms with van der Waals surface area (Å²) >= 11 is 0. The number of hydrogen-bond donors (Lipinski definition) is 2. The molecule has 4 nitrogen and oxygen atoms in total. The van der Waals surface area contributed by atoms with Crippen molar-refractivity contribution in [2.75, 3.05) is 14.1 Å². The van der Waals surface area contributed by atoms with Gasteiger partial charge in [-0.15, -0.1) is 0 Å². The van der Waals surface area contributed by atoms with Crippen LogP contribution in [0, 0.1) is 34.5 Å². The Labute approximate surface area is 195 Å². The number of carbonyl (C=O) groups excluding carboxylic acids is 1. The van der Waals surface area contributed by atoms with Crippen molar-refractivity contribution in [1.29, 1.82) is 0 Å². The zero-order valence-electron chi connectivity index (χ0n) is 21.4. The molecule has 3 fully saturated rings. The van der Waals surface area contributed by atoms with E-state index in [4.69, 9.17) is 0 Å². The van der Waals surface area contributed by atoms with Crippen LogP contribution in [0.3, 0.4) is 0 Å². The fourth-order valence-corrected chi connectivity index (χ4v) is 8.53. The average molecular weight is 443 g/mol. The molecule has 0 aromatic carbocycles. The largest absolute Gasteiger partial charge is 0.391 e. The van der Waals surface area contributed by atoms with E-state index in [1.807, 2.05) is 13.8 Å². The standard InChI is InChI=1S/C28H46N2O2/c1-17(2)14-26(32)29-24-15-19-8-9-20-22-11-10-21(18(3)30(6)7)27(22,4)13-12-23(20)28(19,5)16-25(24)31/h8,14,18,20-25,31H,9-13,15-16H2,1-7H3,(H,29,32). The van der Waals surface area contributed by atoms with Gasteiger partial charge in [0.1, 0.15) is 0 Å². The van der Waals surface area contributed by atoms with Gasteiger partial charge in [-0.1, -0.05) is 31.1 Å². The van der Waals surface area contributed by atoms with Crippen LogP contribution in [-0.2, 0) is 4.79 Å². The number of carbonyl (C=O) groups is 1. The predicted octanol–water partition coefficient (Wildman–Crippen LogP) is 4.94. The van der Waals surface area contributed by atoms with Gasteiger partial charge in [-0.3, -0.25) is 4.79 Å². The van der Waals surface area contributed by atoms with Crippen molar-refractivity contribution in [3.05, 3.63) is 23.3 Å². The molecule has 180 valence electrons. The van der Waals surface area contributed by atoms with Gasteiger partial charge in [-0.05, 0) is 114 Å². The van der Waals surface area contributed by atoms with Crippen molar-refractivity contribution in [3.63, 3.8) is 0 Å². The first-order valence-electron chi connectivity index (χ1n) is 13.0. The first-order chi connectivity index (χ1) is 15.0. The van der Waals surface area contributed by atoms with E-state index in [0.717, 1.165) is 36.2 Å². The summed E-state index contributed by atoms with van der Waals surface area (Å²) < 4.78 is 0. The molecule has 4 rings (SSSR count). The first kappa shape index (κ1) is 24.0. The van der Waals surface area contributed by atoms with E-state index >= 15 is 0 Å². The van der Waals surface area contributed by atoms with E-state index in [0.29, 0.717) is 17.4 Å². The van der Waals surface area contributed by atoms with E-state index < -0.39 is 6.10 Å². The third-order valence-electron chi connectivity index (χ3n) is 10.4. The Balaban J connectivity index is 1.54. The van der Waals surface area contributed by atoms with Crippen molar-refractivity contribution >= 4 is 5.91 Å². The minimum Gasteiger partial charge on any atom is -0.391 e. The molecule has 4 aliphatic carbocycles. The molecule has 0 radical (unpaired) electrons. The lowest BCUT2D eigenvalue weighted by molar-refractivity contribution is -0.119. The summed E-state index contributed by atoms with van der Waals surface area (Å²) in [5, 5.41) is 14.2. The molecule has 32 heavy (non-hydrogen) atoms. The fraction of sp³-hybridized carbons (Fsp3) is 0.821. The van der Waals surface area contributed by atoms with E-state index in [9.17, 15) is 9.90 Å². The van der Waals surface area contributed by atoms with Gasteiger partial charge in [0.2, 0.25) is 5.91 Å². The molecule has 9 atom stereocenters. The summed E-state index contributed by atoms with van der Waals surface area (Å²) in [6, 6.07) is 0.466. The number of amides is 1. The highest BCUT2D eigenvalue weighted by Gasteiger charge is 2.60. The minimum absolute atomic E-state index is 0.0760. The summed E-state index contributed by atoms with van der Waals surface area (Å²) in [5.41, 5.74) is 3.00. The molecule has 0 saturated heterocycles. The summed E-state index contributed by atoms with van der Waals surface area (Å²) in [6.45, 7) is 11.3. The molecule has 0 aliphatic heterocycles. The molecule has 0 spiro atoms. The van der Waals surface area contributed by atoms with Crippen molar-refractivity contribution < 1.29 is 9.90 Å². The number of aliphatic hydroxyl groups excluding tert-OH is 1. The van der Waals surface area contributed by atoms with Gasteiger partial charge in [0.05, 0.1) is 12.1 Å². The van der Waals surface area contributed by atoms with Crippen LogP contribution in [0.2, 0.25) is 0 Å². The molecule has 0 aromatic heterocycles. The van der Waals surface area contributed by atoms with Crippen LogP contribution < -0.4 is 5.32 Å². The Bertz CT molecular complexity index is 797. The topological polar surface area (TPSA) is 52.6 Å². The zero-order chi connectivity index (χ0) is 23.4. The van der Waals surface area contributed by atoms with Crippen LogP contribution in [0.25, 0.3) is 0 Å². The van der Waals surface area contributed by atoms with Crippen molar-refractivity contribution in [2.24, 2.45) is 34.5 Å². The van der Waals surface area contributed by atoms with Crippen molar-refractivity contribution in [2.45, 2.75) is 97.8 Å². The number of allylic oxidation sites excluding steroid dienone is 2. The third-order valence-corrected chi connectivity index (χ3v) is 10.4. The maximum atomic E-state index is 12.3. The normalized spacial score (nSPS) is 44.1. The van der Waals surface area contributed by atoms with Crippen LogP contribution in [0.5, 0.6) is 0 Å². The van der Waals surface area contributed by atoms with Crippen LogP contribution in [0.1, 0.15) is 79.6 Å². The molecule has 0 heterocycles. The lowest BCUT2D eigenvalue weighted by Gasteiger charge is -2.59.